The van der Waals surface area contributed by atoms with Crippen molar-refractivity contribution in [2.75, 3.05) is 12.3 Å². The fraction of sp³-hybridized carbons (Fsp3) is 0.867. The molecule has 0 aliphatic heterocycles. The topological polar surface area (TPSA) is 66.4 Å². The van der Waals surface area contributed by atoms with E-state index in [2.05, 4.69) is 12.2 Å². The lowest BCUT2D eigenvalue weighted by Gasteiger charge is -2.07. The van der Waals surface area contributed by atoms with Gasteiger partial charge in [0.15, 0.2) is 0 Å². The number of thioether (sulfide) groups is 1. The van der Waals surface area contributed by atoms with Gasteiger partial charge < -0.3 is 10.4 Å². The molecule has 0 saturated heterocycles. The molecule has 5 heteroatoms. The molecule has 0 aliphatic carbocycles. The van der Waals surface area contributed by atoms with Crippen LogP contribution >= 0.6 is 11.8 Å². The van der Waals surface area contributed by atoms with Gasteiger partial charge in [0.05, 0.1) is 11.0 Å². The molecule has 20 heavy (non-hydrogen) atoms. The molecule has 0 unspecified atom stereocenters. The first-order valence-corrected chi connectivity index (χ1v) is 8.74. The Morgan fingerprint density at radius 2 is 1.60 bits per heavy atom. The molecule has 0 bridgehead atoms. The third-order valence-electron chi connectivity index (χ3n) is 3.16. The monoisotopic (exact) mass is 303 g/mol. The number of hydrogen-bond acceptors (Lipinski definition) is 3. The van der Waals surface area contributed by atoms with E-state index >= 15 is 0 Å². The highest BCUT2D eigenvalue weighted by molar-refractivity contribution is 8.01. The van der Waals surface area contributed by atoms with Crippen molar-refractivity contribution in [3.8, 4) is 0 Å². The first kappa shape index (κ1) is 19.3. The summed E-state index contributed by atoms with van der Waals surface area (Å²) in [6, 6.07) is 0. The van der Waals surface area contributed by atoms with Gasteiger partial charge >= 0.3 is 5.97 Å². The molecule has 0 aromatic carbocycles. The molecule has 1 amide bonds. The van der Waals surface area contributed by atoms with E-state index in [0.717, 1.165) is 24.6 Å². The summed E-state index contributed by atoms with van der Waals surface area (Å²) in [5.41, 5.74) is 0. The first-order chi connectivity index (χ1) is 9.57. The lowest BCUT2D eigenvalue weighted by Crippen LogP contribution is -2.27. The van der Waals surface area contributed by atoms with Crippen LogP contribution in [-0.4, -0.2) is 34.5 Å². The number of hydrogen-bond donors (Lipinski definition) is 2. The molecule has 0 aromatic rings. The standard InChI is InChI=1S/C15H29NO3S/c1-3-4-5-6-7-8-9-10-11-16-14(17)12-20-13(2)15(18)19/h13H,3-12H2,1-2H3,(H,16,17)(H,18,19)/t13-/m0/s1. The molecular formula is C15H29NO3S. The zero-order valence-corrected chi connectivity index (χ0v) is 13.6. The zero-order valence-electron chi connectivity index (χ0n) is 12.8. The lowest BCUT2D eigenvalue weighted by atomic mass is 10.1. The van der Waals surface area contributed by atoms with Gasteiger partial charge in [-0.2, -0.15) is 0 Å². The number of amides is 1. The van der Waals surface area contributed by atoms with Crippen LogP contribution in [0.4, 0.5) is 0 Å². The third-order valence-corrected chi connectivity index (χ3v) is 4.30. The predicted octanol–water partition coefficient (Wildman–Crippen LogP) is 3.45. The number of rotatable bonds is 13. The Morgan fingerprint density at radius 3 is 2.15 bits per heavy atom. The van der Waals surface area contributed by atoms with Crippen LogP contribution in [-0.2, 0) is 9.59 Å². The van der Waals surface area contributed by atoms with Gasteiger partial charge in [-0.05, 0) is 13.3 Å². The summed E-state index contributed by atoms with van der Waals surface area (Å²) in [6.45, 7) is 4.52. The van der Waals surface area contributed by atoms with Crippen LogP contribution in [0.3, 0.4) is 0 Å². The van der Waals surface area contributed by atoms with E-state index in [9.17, 15) is 9.59 Å². The van der Waals surface area contributed by atoms with Gasteiger partial charge in [-0.1, -0.05) is 51.9 Å². The van der Waals surface area contributed by atoms with Gasteiger partial charge in [0.25, 0.3) is 0 Å². The second-order valence-corrected chi connectivity index (χ2v) is 6.45. The molecule has 0 aromatic heterocycles. The minimum atomic E-state index is -0.870. The van der Waals surface area contributed by atoms with E-state index in [1.54, 1.807) is 6.92 Å². The van der Waals surface area contributed by atoms with E-state index in [-0.39, 0.29) is 11.7 Å². The van der Waals surface area contributed by atoms with Crippen molar-refractivity contribution in [1.29, 1.82) is 0 Å². The average molecular weight is 303 g/mol. The second-order valence-electron chi connectivity index (χ2n) is 5.12. The maximum atomic E-state index is 11.5. The van der Waals surface area contributed by atoms with Crippen molar-refractivity contribution in [3.05, 3.63) is 0 Å². The molecule has 0 saturated carbocycles. The Morgan fingerprint density at radius 1 is 1.05 bits per heavy atom. The summed E-state index contributed by atoms with van der Waals surface area (Å²) in [6.07, 6.45) is 9.98. The van der Waals surface area contributed by atoms with Crippen LogP contribution in [0, 0.1) is 0 Å². The maximum Gasteiger partial charge on any atom is 0.316 e. The van der Waals surface area contributed by atoms with Crippen molar-refractivity contribution >= 4 is 23.6 Å². The van der Waals surface area contributed by atoms with Crippen molar-refractivity contribution < 1.29 is 14.7 Å². The largest absolute Gasteiger partial charge is 0.480 e. The highest BCUT2D eigenvalue weighted by Gasteiger charge is 2.12. The summed E-state index contributed by atoms with van der Waals surface area (Å²) < 4.78 is 0. The van der Waals surface area contributed by atoms with E-state index in [1.165, 1.54) is 38.5 Å². The normalized spacial score (nSPS) is 12.1. The number of carboxylic acid groups (broad SMARTS) is 1. The van der Waals surface area contributed by atoms with E-state index in [4.69, 9.17) is 5.11 Å². The molecule has 118 valence electrons. The Balaban J connectivity index is 3.29. The molecule has 4 nitrogen and oxygen atoms in total. The molecule has 0 spiro atoms. The zero-order chi connectivity index (χ0) is 15.2. The van der Waals surface area contributed by atoms with Gasteiger partial charge in [0.1, 0.15) is 0 Å². The van der Waals surface area contributed by atoms with Crippen molar-refractivity contribution in [2.45, 2.75) is 70.5 Å². The number of carbonyl (C=O) groups excluding carboxylic acids is 1. The molecular weight excluding hydrogens is 274 g/mol. The number of nitrogens with one attached hydrogen (secondary N) is 1. The van der Waals surface area contributed by atoms with E-state index in [0.29, 0.717) is 6.54 Å². The Labute approximate surface area is 127 Å². The van der Waals surface area contributed by atoms with E-state index < -0.39 is 11.2 Å². The van der Waals surface area contributed by atoms with Gasteiger partial charge in [-0.25, -0.2) is 0 Å². The average Bonchev–Trinajstić information content (AvgIpc) is 2.42. The van der Waals surface area contributed by atoms with Crippen LogP contribution < -0.4 is 5.32 Å². The smallest absolute Gasteiger partial charge is 0.316 e. The minimum Gasteiger partial charge on any atom is -0.480 e. The Hall–Kier alpha value is -0.710. The van der Waals surface area contributed by atoms with Gasteiger partial charge in [-0.3, -0.25) is 9.59 Å². The SMILES string of the molecule is CCCCCCCCCCNC(=O)CS[C@@H](C)C(=O)O. The minimum absolute atomic E-state index is 0.0638. The second kappa shape index (κ2) is 13.3. The quantitative estimate of drug-likeness (QED) is 0.511. The molecule has 2 N–H and O–H groups in total. The molecule has 0 radical (unpaired) electrons. The molecule has 1 atom stereocenters. The Bertz CT molecular complexity index is 272. The Kier molecular flexibility index (Phi) is 12.8. The van der Waals surface area contributed by atoms with Gasteiger partial charge in [-0.15, -0.1) is 11.8 Å². The highest BCUT2D eigenvalue weighted by atomic mass is 32.2. The summed E-state index contributed by atoms with van der Waals surface area (Å²) in [4.78, 5) is 22.0. The number of aliphatic carboxylic acids is 1. The summed E-state index contributed by atoms with van der Waals surface area (Å²) in [7, 11) is 0. The molecule has 0 fully saturated rings. The molecule has 0 aliphatic rings. The van der Waals surface area contributed by atoms with Crippen molar-refractivity contribution in [2.24, 2.45) is 0 Å². The first-order valence-electron chi connectivity index (χ1n) is 7.69. The fourth-order valence-electron chi connectivity index (χ4n) is 1.81. The summed E-state index contributed by atoms with van der Waals surface area (Å²) in [5.74, 6) is -0.707. The maximum absolute atomic E-state index is 11.5. The number of unbranched alkanes of at least 4 members (excludes halogenated alkanes) is 7. The third kappa shape index (κ3) is 12.3. The van der Waals surface area contributed by atoms with Crippen LogP contribution in [0.5, 0.6) is 0 Å². The van der Waals surface area contributed by atoms with Crippen LogP contribution in [0.15, 0.2) is 0 Å². The number of carbonyl (C=O) groups is 2. The molecule has 0 rings (SSSR count). The van der Waals surface area contributed by atoms with E-state index in [1.807, 2.05) is 0 Å². The summed E-state index contributed by atoms with van der Waals surface area (Å²) in [5, 5.41) is 11.0. The number of carboxylic acids is 1. The van der Waals surface area contributed by atoms with Crippen molar-refractivity contribution in [1.82, 2.24) is 5.32 Å². The van der Waals surface area contributed by atoms with Gasteiger partial charge in [0.2, 0.25) is 5.91 Å². The van der Waals surface area contributed by atoms with Crippen LogP contribution in [0.1, 0.15) is 65.2 Å². The molecule has 0 heterocycles. The highest BCUT2D eigenvalue weighted by Crippen LogP contribution is 2.10. The fourth-order valence-corrected chi connectivity index (χ4v) is 2.46. The van der Waals surface area contributed by atoms with Crippen molar-refractivity contribution in [3.63, 3.8) is 0 Å². The predicted molar refractivity (Wildman–Crippen MR) is 85.2 cm³/mol. The van der Waals surface area contributed by atoms with Crippen LogP contribution in [0.25, 0.3) is 0 Å². The van der Waals surface area contributed by atoms with Gasteiger partial charge in [0, 0.05) is 6.54 Å². The lowest BCUT2D eigenvalue weighted by molar-refractivity contribution is -0.136. The summed E-state index contributed by atoms with van der Waals surface area (Å²) >= 11 is 1.16. The van der Waals surface area contributed by atoms with Crippen LogP contribution in [0.2, 0.25) is 0 Å².